The number of aromatic nitrogens is 1. The third-order valence-electron chi connectivity index (χ3n) is 4.32. The fraction of sp³-hybridized carbons (Fsp3) is 0.273. The van der Waals surface area contributed by atoms with E-state index >= 15 is 0 Å². The normalized spacial score (nSPS) is 10.9. The number of pyridine rings is 1. The van der Waals surface area contributed by atoms with Crippen LogP contribution in [-0.4, -0.2) is 24.5 Å². The Hall–Kier alpha value is -2.88. The first-order valence-corrected chi connectivity index (χ1v) is 8.90. The monoisotopic (exact) mass is 348 g/mol. The summed E-state index contributed by atoms with van der Waals surface area (Å²) in [5.74, 6) is 1.32. The van der Waals surface area contributed by atoms with Crippen molar-refractivity contribution in [3.8, 4) is 5.75 Å². The summed E-state index contributed by atoms with van der Waals surface area (Å²) in [4.78, 5) is 18.8. The van der Waals surface area contributed by atoms with Crippen LogP contribution in [0.4, 0.5) is 5.69 Å². The highest BCUT2D eigenvalue weighted by Crippen LogP contribution is 2.23. The van der Waals surface area contributed by atoms with E-state index in [-0.39, 0.29) is 5.91 Å². The van der Waals surface area contributed by atoms with Crippen molar-refractivity contribution in [2.75, 3.05) is 18.6 Å². The third kappa shape index (κ3) is 4.20. The fourth-order valence-corrected chi connectivity index (χ4v) is 2.71. The molecular weight excluding hydrogens is 324 g/mol. The Morgan fingerprint density at radius 2 is 1.96 bits per heavy atom. The average molecular weight is 348 g/mol. The number of ether oxygens (including phenoxy) is 1. The van der Waals surface area contributed by atoms with E-state index in [1.54, 1.807) is 18.1 Å². The van der Waals surface area contributed by atoms with Gasteiger partial charge in [-0.2, -0.15) is 0 Å². The van der Waals surface area contributed by atoms with Crippen LogP contribution < -0.4 is 9.64 Å². The number of carbonyl (C=O) groups is 1. The van der Waals surface area contributed by atoms with Crippen LogP contribution in [0.5, 0.6) is 5.75 Å². The minimum atomic E-state index is -0.0601. The zero-order valence-electron chi connectivity index (χ0n) is 15.5. The van der Waals surface area contributed by atoms with Crippen LogP contribution in [-0.2, 0) is 0 Å². The van der Waals surface area contributed by atoms with Gasteiger partial charge in [0.15, 0.2) is 0 Å². The first-order valence-electron chi connectivity index (χ1n) is 8.90. The van der Waals surface area contributed by atoms with E-state index in [0.29, 0.717) is 18.1 Å². The van der Waals surface area contributed by atoms with Gasteiger partial charge in [0.2, 0.25) is 0 Å². The highest BCUT2D eigenvalue weighted by Gasteiger charge is 2.14. The van der Waals surface area contributed by atoms with E-state index < -0.39 is 0 Å². The zero-order valence-corrected chi connectivity index (χ0v) is 15.5. The van der Waals surface area contributed by atoms with E-state index in [0.717, 1.165) is 28.8 Å². The maximum absolute atomic E-state index is 12.9. The molecule has 0 spiro atoms. The minimum Gasteiger partial charge on any atom is -0.494 e. The molecule has 1 amide bonds. The number of benzene rings is 2. The molecule has 0 bridgehead atoms. The summed E-state index contributed by atoms with van der Waals surface area (Å²) in [6.07, 6.45) is 2.75. The molecule has 0 aliphatic carbocycles. The lowest BCUT2D eigenvalue weighted by Gasteiger charge is -2.19. The van der Waals surface area contributed by atoms with Crippen molar-refractivity contribution < 1.29 is 9.53 Å². The molecule has 0 aliphatic heterocycles. The summed E-state index contributed by atoms with van der Waals surface area (Å²) >= 11 is 0. The molecular formula is C22H24N2O2. The molecule has 4 heteroatoms. The van der Waals surface area contributed by atoms with Gasteiger partial charge in [-0.1, -0.05) is 26.0 Å². The number of amides is 1. The molecule has 4 nitrogen and oxygen atoms in total. The van der Waals surface area contributed by atoms with E-state index in [1.165, 1.54) is 0 Å². The number of rotatable bonds is 6. The van der Waals surface area contributed by atoms with Crippen molar-refractivity contribution in [1.82, 2.24) is 4.98 Å². The lowest BCUT2D eigenvalue weighted by Crippen LogP contribution is -2.26. The average Bonchev–Trinajstić information content (AvgIpc) is 2.66. The van der Waals surface area contributed by atoms with Crippen molar-refractivity contribution >= 4 is 22.5 Å². The smallest absolute Gasteiger partial charge is 0.258 e. The molecule has 26 heavy (non-hydrogen) atoms. The minimum absolute atomic E-state index is 0.0601. The second kappa shape index (κ2) is 8.00. The van der Waals surface area contributed by atoms with Crippen molar-refractivity contribution in [1.29, 1.82) is 0 Å². The van der Waals surface area contributed by atoms with Gasteiger partial charge in [-0.15, -0.1) is 0 Å². The maximum Gasteiger partial charge on any atom is 0.258 e. The maximum atomic E-state index is 12.9. The number of anilines is 1. The van der Waals surface area contributed by atoms with Crippen LogP contribution in [0.15, 0.2) is 60.8 Å². The number of fused-ring (bicyclic) bond motifs is 1. The molecule has 2 aromatic carbocycles. The molecule has 0 atom stereocenters. The molecule has 0 aliphatic rings. The van der Waals surface area contributed by atoms with Crippen LogP contribution in [0.1, 0.15) is 30.6 Å². The first kappa shape index (κ1) is 17.9. The summed E-state index contributed by atoms with van der Waals surface area (Å²) in [7, 11) is 1.78. The molecule has 3 rings (SSSR count). The van der Waals surface area contributed by atoms with Crippen LogP contribution >= 0.6 is 0 Å². The highest BCUT2D eigenvalue weighted by atomic mass is 16.5. The van der Waals surface area contributed by atoms with Gasteiger partial charge in [0.05, 0.1) is 12.1 Å². The van der Waals surface area contributed by atoms with E-state index in [1.807, 2.05) is 54.6 Å². The lowest BCUT2D eigenvalue weighted by atomic mass is 10.1. The largest absolute Gasteiger partial charge is 0.494 e. The Morgan fingerprint density at radius 3 is 2.77 bits per heavy atom. The Bertz CT molecular complexity index is 905. The molecule has 3 aromatic rings. The standard InChI is InChI=1S/C22H24N2O2/c1-16(2)11-13-26-20-8-4-7-19(15-20)24(3)22(25)18-9-10-21-17(14-18)6-5-12-23-21/h4-10,12,14-16H,11,13H2,1-3H3. The topological polar surface area (TPSA) is 42.4 Å². The molecule has 0 N–H and O–H groups in total. The SMILES string of the molecule is CC(C)CCOc1cccc(N(C)C(=O)c2ccc3ncccc3c2)c1. The fourth-order valence-electron chi connectivity index (χ4n) is 2.71. The molecule has 1 aromatic heterocycles. The number of carbonyl (C=O) groups excluding carboxylic acids is 1. The van der Waals surface area contributed by atoms with Gasteiger partial charge in [0.1, 0.15) is 5.75 Å². The van der Waals surface area contributed by atoms with Crippen LogP contribution in [0, 0.1) is 5.92 Å². The molecule has 0 saturated carbocycles. The van der Waals surface area contributed by atoms with Gasteiger partial charge < -0.3 is 9.64 Å². The molecule has 0 radical (unpaired) electrons. The summed E-state index contributed by atoms with van der Waals surface area (Å²) in [5.41, 5.74) is 2.33. The number of hydrogen-bond acceptors (Lipinski definition) is 3. The highest BCUT2D eigenvalue weighted by molar-refractivity contribution is 6.07. The van der Waals surface area contributed by atoms with E-state index in [9.17, 15) is 4.79 Å². The van der Waals surface area contributed by atoms with E-state index in [4.69, 9.17) is 4.74 Å². The van der Waals surface area contributed by atoms with Gasteiger partial charge in [0, 0.05) is 35.9 Å². The third-order valence-corrected chi connectivity index (χ3v) is 4.32. The summed E-state index contributed by atoms with van der Waals surface area (Å²) in [5, 5.41) is 0.956. The number of hydrogen-bond donors (Lipinski definition) is 0. The van der Waals surface area contributed by atoms with Gasteiger partial charge in [-0.05, 0) is 48.7 Å². The Labute approximate surface area is 154 Å². The zero-order chi connectivity index (χ0) is 18.5. The van der Waals surface area contributed by atoms with Gasteiger partial charge in [0.25, 0.3) is 5.91 Å². The van der Waals surface area contributed by atoms with Gasteiger partial charge >= 0.3 is 0 Å². The summed E-state index contributed by atoms with van der Waals surface area (Å²) < 4.78 is 5.80. The Morgan fingerprint density at radius 1 is 1.12 bits per heavy atom. The second-order valence-corrected chi connectivity index (χ2v) is 6.80. The Balaban J connectivity index is 1.76. The molecule has 134 valence electrons. The van der Waals surface area contributed by atoms with E-state index in [2.05, 4.69) is 18.8 Å². The van der Waals surface area contributed by atoms with Gasteiger partial charge in [-0.3, -0.25) is 9.78 Å². The first-order chi connectivity index (χ1) is 12.5. The quantitative estimate of drug-likeness (QED) is 0.634. The Kier molecular flexibility index (Phi) is 5.52. The van der Waals surface area contributed by atoms with Crippen molar-refractivity contribution in [2.45, 2.75) is 20.3 Å². The van der Waals surface area contributed by atoms with Crippen molar-refractivity contribution in [3.63, 3.8) is 0 Å². The second-order valence-electron chi connectivity index (χ2n) is 6.80. The predicted molar refractivity (Wildman–Crippen MR) is 106 cm³/mol. The van der Waals surface area contributed by atoms with Gasteiger partial charge in [-0.25, -0.2) is 0 Å². The van der Waals surface area contributed by atoms with Crippen LogP contribution in [0.25, 0.3) is 10.9 Å². The van der Waals surface area contributed by atoms with Crippen LogP contribution in [0.3, 0.4) is 0 Å². The lowest BCUT2D eigenvalue weighted by molar-refractivity contribution is 0.0993. The van der Waals surface area contributed by atoms with Crippen molar-refractivity contribution in [3.05, 3.63) is 66.4 Å². The summed E-state index contributed by atoms with van der Waals surface area (Å²) in [6, 6.07) is 17.1. The molecule has 0 fully saturated rings. The molecule has 0 unspecified atom stereocenters. The molecule has 1 heterocycles. The van der Waals surface area contributed by atoms with Crippen LogP contribution in [0.2, 0.25) is 0 Å². The number of nitrogens with zero attached hydrogens (tertiary/aromatic N) is 2. The summed E-state index contributed by atoms with van der Waals surface area (Å²) in [6.45, 7) is 5.02. The van der Waals surface area contributed by atoms with Crippen molar-refractivity contribution in [2.24, 2.45) is 5.92 Å². The predicted octanol–water partition coefficient (Wildman–Crippen LogP) is 4.94. The molecule has 0 saturated heterocycles.